The average molecular weight is 456 g/mol. The summed E-state index contributed by atoms with van der Waals surface area (Å²) in [6.45, 7) is 7.45. The molecule has 1 aromatic heterocycles. The van der Waals surface area contributed by atoms with Crippen LogP contribution >= 0.6 is 11.3 Å². The number of nitriles is 1. The fraction of sp³-hybridized carbons (Fsp3) is 0. The highest BCUT2D eigenvalue weighted by molar-refractivity contribution is 7.17. The summed E-state index contributed by atoms with van der Waals surface area (Å²) >= 11 is 1.54. The second-order valence-corrected chi connectivity index (χ2v) is 8.66. The minimum atomic E-state index is -0.167. The second kappa shape index (κ2) is 9.03. The van der Waals surface area contributed by atoms with Gasteiger partial charge in [-0.15, -0.1) is 11.3 Å². The Bertz CT molecular complexity index is 1480. The van der Waals surface area contributed by atoms with Crippen LogP contribution in [0.3, 0.4) is 0 Å². The predicted molar refractivity (Wildman–Crippen MR) is 137 cm³/mol. The molecule has 0 N–H and O–H groups in total. The van der Waals surface area contributed by atoms with Crippen LogP contribution in [-0.2, 0) is 0 Å². The van der Waals surface area contributed by atoms with Crippen molar-refractivity contribution < 1.29 is 4.79 Å². The van der Waals surface area contributed by atoms with Crippen molar-refractivity contribution in [3.63, 3.8) is 0 Å². The lowest BCUT2D eigenvalue weighted by Gasteiger charge is -2.23. The van der Waals surface area contributed by atoms with Crippen molar-refractivity contribution >= 4 is 45.1 Å². The first-order chi connectivity index (χ1) is 16.7. The van der Waals surface area contributed by atoms with Gasteiger partial charge < -0.3 is 4.90 Å². The van der Waals surface area contributed by atoms with Crippen LogP contribution in [0.15, 0.2) is 108 Å². The number of carbonyl (C=O) groups excluding carboxylic acids is 1. The monoisotopic (exact) mass is 455 g/mol. The van der Waals surface area contributed by atoms with E-state index in [4.69, 9.17) is 6.57 Å². The quantitative estimate of drug-likeness (QED) is 0.180. The van der Waals surface area contributed by atoms with Crippen LogP contribution in [0, 0.1) is 17.9 Å². The van der Waals surface area contributed by atoms with E-state index in [9.17, 15) is 10.1 Å². The Morgan fingerprint density at radius 1 is 0.853 bits per heavy atom. The molecule has 4 aromatic rings. The minimum absolute atomic E-state index is 0.0727. The molecule has 0 aliphatic heterocycles. The zero-order valence-corrected chi connectivity index (χ0v) is 18.8. The Balaban J connectivity index is 1.62. The highest BCUT2D eigenvalue weighted by Gasteiger charge is 2.32. The van der Waals surface area contributed by atoms with Gasteiger partial charge in [0.1, 0.15) is 5.00 Å². The Kier molecular flexibility index (Phi) is 5.62. The van der Waals surface area contributed by atoms with Crippen molar-refractivity contribution in [2.24, 2.45) is 0 Å². The smallest absolute Gasteiger partial charge is 0.270 e. The van der Waals surface area contributed by atoms with Gasteiger partial charge >= 0.3 is 0 Å². The van der Waals surface area contributed by atoms with E-state index in [0.717, 1.165) is 21.3 Å². The number of benzene rings is 3. The number of fused-ring (bicyclic) bond motifs is 1. The first-order valence-electron chi connectivity index (χ1n) is 10.6. The van der Waals surface area contributed by atoms with Gasteiger partial charge in [0, 0.05) is 33.0 Å². The van der Waals surface area contributed by atoms with Gasteiger partial charge in [-0.25, -0.2) is 10.1 Å². The van der Waals surface area contributed by atoms with E-state index in [1.54, 1.807) is 35.6 Å². The normalized spacial score (nSPS) is 14.9. The van der Waals surface area contributed by atoms with Crippen LogP contribution in [0.1, 0.15) is 20.8 Å². The second-order valence-electron chi connectivity index (χ2n) is 7.56. The fourth-order valence-corrected chi connectivity index (χ4v) is 5.06. The third-order valence-electron chi connectivity index (χ3n) is 5.56. The largest absolute Gasteiger partial charge is 0.302 e. The zero-order chi connectivity index (χ0) is 23.5. The van der Waals surface area contributed by atoms with E-state index in [2.05, 4.69) is 34.0 Å². The van der Waals surface area contributed by atoms with Crippen molar-refractivity contribution in [1.82, 2.24) is 0 Å². The van der Waals surface area contributed by atoms with Crippen molar-refractivity contribution in [3.05, 3.63) is 136 Å². The molecule has 1 aliphatic carbocycles. The summed E-state index contributed by atoms with van der Waals surface area (Å²) in [5.41, 5.74) is 3.94. The van der Waals surface area contributed by atoms with Gasteiger partial charge in [-0.3, -0.25) is 4.79 Å². The number of thiophene rings is 1. The Labute approximate surface area is 201 Å². The Morgan fingerprint density at radius 3 is 2.03 bits per heavy atom. The maximum Gasteiger partial charge on any atom is 0.270 e. The maximum absolute atomic E-state index is 13.2. The van der Waals surface area contributed by atoms with E-state index < -0.39 is 0 Å². The zero-order valence-electron chi connectivity index (χ0n) is 18.0. The standard InChI is InChI=1S/C29H17N3OS/c1-31-26(19-30)28-23-14-8-9-15-24(23)29(33)25(28)18-22-16-17-27(34-22)32(20-10-4-2-5-11-20)21-12-6-3-7-13-21/h2-18H/b25-18-,28-26+. The molecule has 0 amide bonds. The molecule has 4 nitrogen and oxygen atoms in total. The van der Waals surface area contributed by atoms with Gasteiger partial charge in [0.15, 0.2) is 5.78 Å². The predicted octanol–water partition coefficient (Wildman–Crippen LogP) is 7.65. The van der Waals surface area contributed by atoms with E-state index in [1.165, 1.54) is 0 Å². The molecule has 0 saturated heterocycles. The molecule has 0 spiro atoms. The maximum atomic E-state index is 13.2. The lowest BCUT2D eigenvalue weighted by Crippen LogP contribution is -2.07. The molecule has 5 rings (SSSR count). The molecule has 0 unspecified atom stereocenters. The summed E-state index contributed by atoms with van der Waals surface area (Å²) in [5, 5.41) is 10.5. The molecule has 0 radical (unpaired) electrons. The van der Waals surface area contributed by atoms with Crippen molar-refractivity contribution in [2.75, 3.05) is 4.90 Å². The first-order valence-corrected chi connectivity index (χ1v) is 11.4. The molecule has 160 valence electrons. The summed E-state index contributed by atoms with van der Waals surface area (Å²) in [6.07, 6.45) is 1.79. The topological polar surface area (TPSA) is 48.5 Å². The van der Waals surface area contributed by atoms with Crippen LogP contribution in [0.25, 0.3) is 16.5 Å². The first kappa shape index (κ1) is 21.2. The van der Waals surface area contributed by atoms with Crippen LogP contribution in [0.4, 0.5) is 16.4 Å². The molecule has 0 atom stereocenters. The lowest BCUT2D eigenvalue weighted by atomic mass is 10.0. The summed E-state index contributed by atoms with van der Waals surface area (Å²) in [5.74, 6) is -0.167. The van der Waals surface area contributed by atoms with Crippen LogP contribution < -0.4 is 4.90 Å². The van der Waals surface area contributed by atoms with Gasteiger partial charge in [-0.2, -0.15) is 0 Å². The molecule has 0 saturated carbocycles. The van der Waals surface area contributed by atoms with Gasteiger partial charge in [0.25, 0.3) is 5.70 Å². The summed E-state index contributed by atoms with van der Waals surface area (Å²) in [6, 6.07) is 33.3. The molecular weight excluding hydrogens is 438 g/mol. The van der Waals surface area contributed by atoms with Crippen LogP contribution in [0.2, 0.25) is 0 Å². The summed E-state index contributed by atoms with van der Waals surface area (Å²) in [4.78, 5) is 19.6. The van der Waals surface area contributed by atoms with Crippen LogP contribution in [-0.4, -0.2) is 5.78 Å². The third kappa shape index (κ3) is 3.71. The van der Waals surface area contributed by atoms with Crippen LogP contribution in [0.5, 0.6) is 0 Å². The van der Waals surface area contributed by atoms with E-state index in [0.29, 0.717) is 22.3 Å². The number of nitrogens with zero attached hydrogens (tertiary/aromatic N) is 3. The SMILES string of the molecule is [C-]#[N+]/C(C#N)=C1/C(=C/c2ccc(N(c3ccccc3)c3ccccc3)s2)C(=O)c2ccccc21. The molecule has 5 heteroatoms. The Hall–Kier alpha value is -4.71. The highest BCUT2D eigenvalue weighted by atomic mass is 32.1. The number of carbonyl (C=O) groups is 1. The van der Waals surface area contributed by atoms with Crippen molar-refractivity contribution in [1.29, 1.82) is 5.26 Å². The number of Topliss-reactive ketones (excluding diaryl/α,β-unsaturated/α-hetero) is 1. The number of rotatable bonds is 4. The average Bonchev–Trinajstić information content (AvgIpc) is 3.45. The summed E-state index contributed by atoms with van der Waals surface area (Å²) in [7, 11) is 0. The van der Waals surface area contributed by atoms with Gasteiger partial charge in [0.2, 0.25) is 0 Å². The Morgan fingerprint density at radius 2 is 1.44 bits per heavy atom. The molecule has 34 heavy (non-hydrogen) atoms. The van der Waals surface area contributed by atoms with E-state index in [1.807, 2.05) is 60.7 Å². The number of ketones is 1. The molecule has 1 aliphatic rings. The van der Waals surface area contributed by atoms with Crippen molar-refractivity contribution in [3.8, 4) is 6.07 Å². The van der Waals surface area contributed by atoms with Gasteiger partial charge in [-0.1, -0.05) is 60.7 Å². The highest BCUT2D eigenvalue weighted by Crippen LogP contribution is 2.43. The lowest BCUT2D eigenvalue weighted by molar-refractivity contribution is 0.104. The van der Waals surface area contributed by atoms with E-state index >= 15 is 0 Å². The number of para-hydroxylation sites is 2. The number of hydrogen-bond donors (Lipinski definition) is 0. The molecule has 1 heterocycles. The van der Waals surface area contributed by atoms with Gasteiger partial charge in [-0.05, 0) is 48.0 Å². The molecule has 3 aromatic carbocycles. The molecule has 0 bridgehead atoms. The van der Waals surface area contributed by atoms with Crippen molar-refractivity contribution in [2.45, 2.75) is 0 Å². The number of allylic oxidation sites excluding steroid dienone is 3. The minimum Gasteiger partial charge on any atom is -0.302 e. The van der Waals surface area contributed by atoms with Gasteiger partial charge in [0.05, 0.1) is 12.6 Å². The van der Waals surface area contributed by atoms with E-state index in [-0.39, 0.29) is 11.5 Å². The number of hydrogen-bond acceptors (Lipinski definition) is 4. The fourth-order valence-electron chi connectivity index (χ4n) is 4.07. The third-order valence-corrected chi connectivity index (χ3v) is 6.58. The molecule has 0 fully saturated rings. The summed E-state index contributed by atoms with van der Waals surface area (Å²) < 4.78 is 0. The number of anilines is 3. The molecular formula is C29H17N3OS.